The van der Waals surface area contributed by atoms with Gasteiger partial charge in [-0.3, -0.25) is 4.79 Å². The molecule has 1 aliphatic carbocycles. The van der Waals surface area contributed by atoms with E-state index in [0.29, 0.717) is 11.7 Å². The second-order valence-electron chi connectivity index (χ2n) is 5.24. The second kappa shape index (κ2) is 6.18. The Hall–Kier alpha value is -1.68. The highest BCUT2D eigenvalue weighted by atomic mass is 32.1. The largest absolute Gasteiger partial charge is 0.348 e. The van der Waals surface area contributed by atoms with Gasteiger partial charge in [-0.2, -0.15) is 0 Å². The van der Waals surface area contributed by atoms with E-state index < -0.39 is 0 Å². The lowest BCUT2D eigenvalue weighted by molar-refractivity contribution is 0.0933. The smallest absolute Gasteiger partial charge is 0.270 e. The normalized spacial score (nSPS) is 15.4. The zero-order valence-corrected chi connectivity index (χ0v) is 12.2. The summed E-state index contributed by atoms with van der Waals surface area (Å²) >= 11 is 1.56. The first-order chi connectivity index (χ1) is 9.81. The summed E-state index contributed by atoms with van der Waals surface area (Å²) in [6.45, 7) is 0. The summed E-state index contributed by atoms with van der Waals surface area (Å²) < 4.78 is 0. The molecule has 0 aliphatic heterocycles. The molecule has 1 aliphatic rings. The van der Waals surface area contributed by atoms with Crippen LogP contribution in [0.5, 0.6) is 0 Å². The van der Waals surface area contributed by atoms with E-state index in [1.807, 2.05) is 23.6 Å². The van der Waals surface area contributed by atoms with Crippen molar-refractivity contribution in [3.63, 3.8) is 0 Å². The molecule has 1 fully saturated rings. The first-order valence-electron chi connectivity index (χ1n) is 7.10. The Kier molecular flexibility index (Phi) is 4.11. The van der Waals surface area contributed by atoms with Crippen molar-refractivity contribution in [1.82, 2.24) is 10.3 Å². The van der Waals surface area contributed by atoms with Crippen molar-refractivity contribution in [2.45, 2.75) is 38.1 Å². The molecule has 0 spiro atoms. The number of hydrogen-bond donors (Lipinski definition) is 1. The van der Waals surface area contributed by atoms with Crippen LogP contribution in [0.1, 0.15) is 46.7 Å². The lowest BCUT2D eigenvalue weighted by atomic mass is 10.2. The minimum atomic E-state index is -0.0209. The molecule has 1 heterocycles. The third-order valence-electron chi connectivity index (χ3n) is 3.67. The maximum absolute atomic E-state index is 12.1. The van der Waals surface area contributed by atoms with E-state index in [-0.39, 0.29) is 5.91 Å². The number of hydrogen-bond acceptors (Lipinski definition) is 3. The van der Waals surface area contributed by atoms with Crippen molar-refractivity contribution in [1.29, 1.82) is 0 Å². The van der Waals surface area contributed by atoms with Crippen LogP contribution >= 0.6 is 11.3 Å². The van der Waals surface area contributed by atoms with Gasteiger partial charge in [0.15, 0.2) is 0 Å². The quantitative estimate of drug-likeness (QED) is 0.936. The fourth-order valence-corrected chi connectivity index (χ4v) is 3.40. The van der Waals surface area contributed by atoms with E-state index in [1.165, 1.54) is 18.4 Å². The van der Waals surface area contributed by atoms with Gasteiger partial charge in [-0.25, -0.2) is 4.98 Å². The van der Waals surface area contributed by atoms with Crippen LogP contribution in [-0.4, -0.2) is 16.9 Å². The lowest BCUT2D eigenvalue weighted by Gasteiger charge is -2.09. The summed E-state index contributed by atoms with van der Waals surface area (Å²) in [5.74, 6) is -0.0209. The van der Waals surface area contributed by atoms with Gasteiger partial charge in [-0.05, 0) is 18.4 Å². The highest BCUT2D eigenvalue weighted by Crippen LogP contribution is 2.19. The molecular weight excluding hydrogens is 268 g/mol. The van der Waals surface area contributed by atoms with Gasteiger partial charge < -0.3 is 5.32 Å². The van der Waals surface area contributed by atoms with Crippen molar-refractivity contribution in [3.05, 3.63) is 52.0 Å². The van der Waals surface area contributed by atoms with Gasteiger partial charge >= 0.3 is 0 Å². The molecule has 0 radical (unpaired) electrons. The Bertz CT molecular complexity index is 573. The molecule has 1 aromatic heterocycles. The van der Waals surface area contributed by atoms with Crippen molar-refractivity contribution < 1.29 is 4.79 Å². The number of benzene rings is 1. The molecule has 20 heavy (non-hydrogen) atoms. The molecule has 0 bridgehead atoms. The first-order valence-corrected chi connectivity index (χ1v) is 7.98. The van der Waals surface area contributed by atoms with Crippen LogP contribution in [0.4, 0.5) is 0 Å². The predicted octanol–water partition coefficient (Wildman–Crippen LogP) is 3.41. The van der Waals surface area contributed by atoms with Gasteiger partial charge in [-0.15, -0.1) is 11.3 Å². The van der Waals surface area contributed by atoms with E-state index in [2.05, 4.69) is 22.4 Å². The Morgan fingerprint density at radius 1 is 1.25 bits per heavy atom. The molecule has 1 N–H and O–H groups in total. The fourth-order valence-electron chi connectivity index (χ4n) is 2.60. The molecule has 2 aromatic rings. The van der Waals surface area contributed by atoms with Gasteiger partial charge in [0.25, 0.3) is 5.91 Å². The summed E-state index contributed by atoms with van der Waals surface area (Å²) in [5, 5.41) is 5.93. The molecule has 0 saturated heterocycles. The molecule has 4 heteroatoms. The topological polar surface area (TPSA) is 42.0 Å². The third-order valence-corrected chi connectivity index (χ3v) is 4.52. The fraction of sp³-hybridized carbons (Fsp3) is 0.375. The third kappa shape index (κ3) is 3.25. The van der Waals surface area contributed by atoms with E-state index in [9.17, 15) is 4.79 Å². The molecular formula is C16H18N2OS. The van der Waals surface area contributed by atoms with E-state index in [0.717, 1.165) is 24.3 Å². The van der Waals surface area contributed by atoms with Crippen molar-refractivity contribution >= 4 is 17.2 Å². The number of thiazole rings is 1. The van der Waals surface area contributed by atoms with Crippen LogP contribution in [0.15, 0.2) is 35.7 Å². The van der Waals surface area contributed by atoms with Crippen molar-refractivity contribution in [3.8, 4) is 0 Å². The van der Waals surface area contributed by atoms with Crippen LogP contribution in [0.2, 0.25) is 0 Å². The van der Waals surface area contributed by atoms with Gasteiger partial charge in [0.1, 0.15) is 5.69 Å². The highest BCUT2D eigenvalue weighted by Gasteiger charge is 2.19. The van der Waals surface area contributed by atoms with Gasteiger partial charge in [-0.1, -0.05) is 43.2 Å². The van der Waals surface area contributed by atoms with Gasteiger partial charge in [0.05, 0.1) is 5.01 Å². The summed E-state index contributed by atoms with van der Waals surface area (Å²) in [7, 11) is 0. The standard InChI is InChI=1S/C16H18N2OS/c19-16(17-13-8-4-5-9-13)14-11-20-15(18-14)10-12-6-2-1-3-7-12/h1-3,6-7,11,13H,4-5,8-10H2,(H,17,19). The number of nitrogens with zero attached hydrogens (tertiary/aromatic N) is 1. The number of carbonyl (C=O) groups is 1. The predicted molar refractivity (Wildman–Crippen MR) is 81.1 cm³/mol. The first kappa shape index (κ1) is 13.3. The minimum absolute atomic E-state index is 0.0209. The Labute approximate surface area is 123 Å². The molecule has 104 valence electrons. The lowest BCUT2D eigenvalue weighted by Crippen LogP contribution is -2.32. The molecule has 3 rings (SSSR count). The number of amides is 1. The van der Waals surface area contributed by atoms with Gasteiger partial charge in [0.2, 0.25) is 0 Å². The SMILES string of the molecule is O=C(NC1CCCC1)c1csc(Cc2ccccc2)n1. The molecule has 0 atom stereocenters. The van der Waals surface area contributed by atoms with E-state index >= 15 is 0 Å². The zero-order valence-electron chi connectivity index (χ0n) is 11.3. The van der Waals surface area contributed by atoms with Crippen molar-refractivity contribution in [2.75, 3.05) is 0 Å². The number of rotatable bonds is 4. The van der Waals surface area contributed by atoms with E-state index in [1.54, 1.807) is 11.3 Å². The molecule has 3 nitrogen and oxygen atoms in total. The zero-order chi connectivity index (χ0) is 13.8. The van der Waals surface area contributed by atoms with E-state index in [4.69, 9.17) is 0 Å². The number of aromatic nitrogens is 1. The maximum Gasteiger partial charge on any atom is 0.270 e. The number of carbonyl (C=O) groups excluding carboxylic acids is 1. The minimum Gasteiger partial charge on any atom is -0.348 e. The Morgan fingerprint density at radius 3 is 2.75 bits per heavy atom. The van der Waals surface area contributed by atoms with Crippen LogP contribution in [0.25, 0.3) is 0 Å². The molecule has 1 saturated carbocycles. The summed E-state index contributed by atoms with van der Waals surface area (Å²) in [6.07, 6.45) is 5.45. The van der Waals surface area contributed by atoms with Crippen LogP contribution in [-0.2, 0) is 6.42 Å². The van der Waals surface area contributed by atoms with Gasteiger partial charge in [0, 0.05) is 17.8 Å². The summed E-state index contributed by atoms with van der Waals surface area (Å²) in [5.41, 5.74) is 1.79. The Morgan fingerprint density at radius 2 is 2.00 bits per heavy atom. The molecule has 0 unspecified atom stereocenters. The maximum atomic E-state index is 12.1. The summed E-state index contributed by atoms with van der Waals surface area (Å²) in [6, 6.07) is 10.6. The second-order valence-corrected chi connectivity index (χ2v) is 6.19. The monoisotopic (exact) mass is 286 g/mol. The van der Waals surface area contributed by atoms with Crippen molar-refractivity contribution in [2.24, 2.45) is 0 Å². The van der Waals surface area contributed by atoms with Crippen LogP contribution < -0.4 is 5.32 Å². The highest BCUT2D eigenvalue weighted by molar-refractivity contribution is 7.09. The average Bonchev–Trinajstić information content (AvgIpc) is 3.11. The van der Waals surface area contributed by atoms with Crippen LogP contribution in [0.3, 0.4) is 0 Å². The molecule has 1 aromatic carbocycles. The summed E-state index contributed by atoms with van der Waals surface area (Å²) in [4.78, 5) is 16.6. The number of nitrogens with one attached hydrogen (secondary N) is 1. The van der Waals surface area contributed by atoms with Crippen LogP contribution in [0, 0.1) is 0 Å². The Balaban J connectivity index is 1.62. The average molecular weight is 286 g/mol. The molecule has 1 amide bonds.